The fraction of sp³-hybridized carbons (Fsp3) is 0.350. The quantitative estimate of drug-likeness (QED) is 0.793. The lowest BCUT2D eigenvalue weighted by Crippen LogP contribution is -2.35. The number of sulfonamides is 1. The van der Waals surface area contributed by atoms with Gasteiger partial charge in [-0.15, -0.1) is 0 Å². The number of para-hydroxylation sites is 1. The third kappa shape index (κ3) is 4.64. The van der Waals surface area contributed by atoms with Crippen molar-refractivity contribution in [3.8, 4) is 0 Å². The zero-order valence-corrected chi connectivity index (χ0v) is 16.6. The highest BCUT2D eigenvalue weighted by Crippen LogP contribution is 2.32. The third-order valence-electron chi connectivity index (χ3n) is 4.14. The molecule has 0 heterocycles. The van der Waals surface area contributed by atoms with Crippen LogP contribution in [-0.2, 0) is 10.0 Å². The SMILES string of the molecule is Cc1cccc(S(=O)(=O)NC(=O)Nc2c(C(C)C)cccc2C(C)C)c1. The Morgan fingerprint density at radius 1 is 0.923 bits per heavy atom. The Hall–Kier alpha value is -2.34. The summed E-state index contributed by atoms with van der Waals surface area (Å²) in [6.07, 6.45) is 0. The lowest BCUT2D eigenvalue weighted by atomic mass is 9.93. The maximum Gasteiger partial charge on any atom is 0.333 e. The largest absolute Gasteiger partial charge is 0.333 e. The molecule has 26 heavy (non-hydrogen) atoms. The van der Waals surface area contributed by atoms with Gasteiger partial charge in [0.05, 0.1) is 4.90 Å². The number of hydrogen-bond donors (Lipinski definition) is 2. The summed E-state index contributed by atoms with van der Waals surface area (Å²) in [5.41, 5.74) is 3.42. The molecule has 0 aliphatic heterocycles. The first-order valence-corrected chi connectivity index (χ1v) is 10.1. The minimum atomic E-state index is -3.93. The molecule has 0 saturated carbocycles. The van der Waals surface area contributed by atoms with Crippen LogP contribution in [0.2, 0.25) is 0 Å². The van der Waals surface area contributed by atoms with Crippen LogP contribution in [0.5, 0.6) is 0 Å². The molecule has 0 unspecified atom stereocenters. The van der Waals surface area contributed by atoms with Crippen LogP contribution in [0, 0.1) is 6.92 Å². The van der Waals surface area contributed by atoms with Crippen molar-refractivity contribution in [2.24, 2.45) is 0 Å². The van der Waals surface area contributed by atoms with Crippen molar-refractivity contribution in [2.45, 2.75) is 51.3 Å². The highest BCUT2D eigenvalue weighted by molar-refractivity contribution is 7.90. The molecule has 2 rings (SSSR count). The van der Waals surface area contributed by atoms with Crippen LogP contribution < -0.4 is 10.0 Å². The average Bonchev–Trinajstić information content (AvgIpc) is 2.54. The van der Waals surface area contributed by atoms with Gasteiger partial charge in [0.15, 0.2) is 0 Å². The van der Waals surface area contributed by atoms with Crippen molar-refractivity contribution in [1.82, 2.24) is 4.72 Å². The summed E-state index contributed by atoms with van der Waals surface area (Å²) in [6.45, 7) is 9.93. The summed E-state index contributed by atoms with van der Waals surface area (Å²) in [5, 5.41) is 2.75. The topological polar surface area (TPSA) is 75.3 Å². The highest BCUT2D eigenvalue weighted by Gasteiger charge is 2.20. The molecule has 6 heteroatoms. The van der Waals surface area contributed by atoms with E-state index in [1.54, 1.807) is 19.1 Å². The molecule has 0 fully saturated rings. The Morgan fingerprint density at radius 3 is 1.96 bits per heavy atom. The Morgan fingerprint density at radius 2 is 1.46 bits per heavy atom. The van der Waals surface area contributed by atoms with E-state index in [2.05, 4.69) is 10.0 Å². The number of carbonyl (C=O) groups is 1. The number of hydrogen-bond acceptors (Lipinski definition) is 3. The van der Waals surface area contributed by atoms with Gasteiger partial charge in [-0.3, -0.25) is 0 Å². The zero-order valence-electron chi connectivity index (χ0n) is 15.8. The summed E-state index contributed by atoms with van der Waals surface area (Å²) < 4.78 is 27.0. The van der Waals surface area contributed by atoms with E-state index in [0.29, 0.717) is 5.69 Å². The Balaban J connectivity index is 2.30. The maximum atomic E-state index is 12.5. The molecule has 2 aromatic carbocycles. The highest BCUT2D eigenvalue weighted by atomic mass is 32.2. The maximum absolute atomic E-state index is 12.5. The summed E-state index contributed by atoms with van der Waals surface area (Å²) in [4.78, 5) is 12.5. The minimum absolute atomic E-state index is 0.0638. The van der Waals surface area contributed by atoms with Crippen LogP contribution in [0.15, 0.2) is 47.4 Å². The van der Waals surface area contributed by atoms with Gasteiger partial charge in [0.2, 0.25) is 0 Å². The van der Waals surface area contributed by atoms with Crippen molar-refractivity contribution in [2.75, 3.05) is 5.32 Å². The monoisotopic (exact) mass is 374 g/mol. The molecular weight excluding hydrogens is 348 g/mol. The average molecular weight is 375 g/mol. The summed E-state index contributed by atoms with van der Waals surface area (Å²) >= 11 is 0. The predicted octanol–water partition coefficient (Wildman–Crippen LogP) is 4.75. The second-order valence-corrected chi connectivity index (χ2v) is 8.68. The van der Waals surface area contributed by atoms with Gasteiger partial charge < -0.3 is 5.32 Å². The van der Waals surface area contributed by atoms with Crippen molar-refractivity contribution in [3.05, 3.63) is 59.2 Å². The second-order valence-electron chi connectivity index (χ2n) is 7.00. The first kappa shape index (κ1) is 20.0. The van der Waals surface area contributed by atoms with E-state index >= 15 is 0 Å². The van der Waals surface area contributed by atoms with Crippen molar-refractivity contribution in [3.63, 3.8) is 0 Å². The van der Waals surface area contributed by atoms with Crippen LogP contribution in [0.1, 0.15) is 56.2 Å². The molecule has 0 bridgehead atoms. The lowest BCUT2D eigenvalue weighted by Gasteiger charge is -2.20. The number of urea groups is 1. The fourth-order valence-corrected chi connectivity index (χ4v) is 3.81. The van der Waals surface area contributed by atoms with E-state index in [1.165, 1.54) is 12.1 Å². The van der Waals surface area contributed by atoms with Crippen LogP contribution in [0.25, 0.3) is 0 Å². The van der Waals surface area contributed by atoms with Crippen molar-refractivity contribution in [1.29, 1.82) is 0 Å². The second kappa shape index (κ2) is 7.91. The van der Waals surface area contributed by atoms with Gasteiger partial charge in [-0.25, -0.2) is 17.9 Å². The lowest BCUT2D eigenvalue weighted by molar-refractivity contribution is 0.256. The van der Waals surface area contributed by atoms with Crippen molar-refractivity contribution < 1.29 is 13.2 Å². The standard InChI is InChI=1S/C20H26N2O3S/c1-13(2)17-10-7-11-18(14(3)4)19(17)21-20(23)22-26(24,25)16-9-6-8-15(5)12-16/h6-14H,1-5H3,(H2,21,22,23). The van der Waals surface area contributed by atoms with Gasteiger partial charge in [0, 0.05) is 5.69 Å². The van der Waals surface area contributed by atoms with E-state index in [-0.39, 0.29) is 16.7 Å². The molecule has 0 aliphatic rings. The number of nitrogens with one attached hydrogen (secondary N) is 2. The molecule has 0 radical (unpaired) electrons. The van der Waals surface area contributed by atoms with Gasteiger partial charge in [-0.05, 0) is 47.6 Å². The Labute approximate surface area is 155 Å². The van der Waals surface area contributed by atoms with E-state index in [9.17, 15) is 13.2 Å². The van der Waals surface area contributed by atoms with Gasteiger partial charge in [0.1, 0.15) is 0 Å². The van der Waals surface area contributed by atoms with E-state index in [0.717, 1.165) is 16.7 Å². The molecule has 2 aromatic rings. The van der Waals surface area contributed by atoms with Crippen LogP contribution in [0.4, 0.5) is 10.5 Å². The smallest absolute Gasteiger partial charge is 0.307 e. The fourth-order valence-electron chi connectivity index (χ4n) is 2.80. The molecule has 0 aromatic heterocycles. The number of amides is 2. The number of anilines is 1. The van der Waals surface area contributed by atoms with E-state index in [1.807, 2.05) is 45.9 Å². The van der Waals surface area contributed by atoms with Crippen LogP contribution in [0.3, 0.4) is 0 Å². The predicted molar refractivity (Wildman–Crippen MR) is 105 cm³/mol. The molecule has 0 atom stereocenters. The number of rotatable bonds is 5. The normalized spacial score (nSPS) is 11.7. The van der Waals surface area contributed by atoms with E-state index in [4.69, 9.17) is 0 Å². The number of benzene rings is 2. The van der Waals surface area contributed by atoms with Gasteiger partial charge >= 0.3 is 6.03 Å². The van der Waals surface area contributed by atoms with Crippen molar-refractivity contribution >= 4 is 21.7 Å². The molecule has 2 N–H and O–H groups in total. The third-order valence-corrected chi connectivity index (χ3v) is 5.47. The molecule has 2 amide bonds. The summed E-state index contributed by atoms with van der Waals surface area (Å²) in [7, 11) is -3.93. The molecule has 0 aliphatic carbocycles. The zero-order chi connectivity index (χ0) is 19.5. The van der Waals surface area contributed by atoms with Gasteiger partial charge in [-0.2, -0.15) is 0 Å². The van der Waals surface area contributed by atoms with Crippen LogP contribution >= 0.6 is 0 Å². The van der Waals surface area contributed by atoms with Crippen LogP contribution in [-0.4, -0.2) is 14.4 Å². The molecule has 140 valence electrons. The summed E-state index contributed by atoms with van der Waals surface area (Å²) in [6, 6.07) is 11.5. The first-order chi connectivity index (χ1) is 12.1. The molecule has 0 saturated heterocycles. The number of carbonyl (C=O) groups excluding carboxylic acids is 1. The molecule has 5 nitrogen and oxygen atoms in total. The molecular formula is C20H26N2O3S. The van der Waals surface area contributed by atoms with Gasteiger partial charge in [-0.1, -0.05) is 58.0 Å². The van der Waals surface area contributed by atoms with Gasteiger partial charge in [0.25, 0.3) is 10.0 Å². The first-order valence-electron chi connectivity index (χ1n) is 8.65. The minimum Gasteiger partial charge on any atom is -0.307 e. The van der Waals surface area contributed by atoms with E-state index < -0.39 is 16.1 Å². The number of aryl methyl sites for hydroxylation is 1. The Kier molecular flexibility index (Phi) is 6.08. The molecule has 0 spiro atoms. The Bertz CT molecular complexity index is 877. The summed E-state index contributed by atoms with van der Waals surface area (Å²) in [5.74, 6) is 0.384.